The second kappa shape index (κ2) is 8.48. The number of rotatable bonds is 5. The zero-order chi connectivity index (χ0) is 20.4. The van der Waals surface area contributed by atoms with Crippen LogP contribution in [0.15, 0.2) is 67.8 Å². The molecule has 146 valence electrons. The van der Waals surface area contributed by atoms with Crippen molar-refractivity contribution < 1.29 is 9.21 Å². The second-order valence-electron chi connectivity index (χ2n) is 6.02. The molecule has 1 amide bonds. The fourth-order valence-electron chi connectivity index (χ4n) is 2.62. The topological polar surface area (TPSA) is 71.6 Å². The quantitative estimate of drug-likeness (QED) is 0.343. The Labute approximate surface area is 184 Å². The zero-order valence-corrected chi connectivity index (χ0v) is 18.6. The van der Waals surface area contributed by atoms with E-state index >= 15 is 0 Å². The van der Waals surface area contributed by atoms with Crippen LogP contribution in [0.3, 0.4) is 0 Å². The first-order valence-electron chi connectivity index (χ1n) is 8.60. The molecule has 1 aromatic carbocycles. The summed E-state index contributed by atoms with van der Waals surface area (Å²) in [6.07, 6.45) is 3.40. The highest BCUT2D eigenvalue weighted by atomic mass is 79.9. The number of benzene rings is 1. The van der Waals surface area contributed by atoms with E-state index in [9.17, 15) is 4.79 Å². The minimum absolute atomic E-state index is 0.142. The van der Waals surface area contributed by atoms with E-state index in [4.69, 9.17) is 4.42 Å². The molecule has 3 heterocycles. The lowest BCUT2D eigenvalue weighted by Crippen LogP contribution is -2.29. The smallest absolute Gasteiger partial charge is 0.267 e. The minimum Gasteiger partial charge on any atom is -0.457 e. The van der Waals surface area contributed by atoms with E-state index in [0.717, 1.165) is 20.8 Å². The normalized spacial score (nSPS) is 16.9. The summed E-state index contributed by atoms with van der Waals surface area (Å²) in [5.41, 5.74) is 0.963. The summed E-state index contributed by atoms with van der Waals surface area (Å²) in [6, 6.07) is 11.6. The van der Waals surface area contributed by atoms with Crippen molar-refractivity contribution in [3.8, 4) is 11.3 Å². The molecule has 0 unspecified atom stereocenters. The van der Waals surface area contributed by atoms with Gasteiger partial charge in [0, 0.05) is 22.7 Å². The lowest BCUT2D eigenvalue weighted by molar-refractivity contribution is -0.121. The SMILES string of the molecule is C=CCN1C(=O)/C(=C\c2ccc(-c3ccc(Br)cc3)o2)S/C1=N/c1nnc(C)s1. The molecule has 1 aliphatic heterocycles. The van der Waals surface area contributed by atoms with Crippen LogP contribution in [0.1, 0.15) is 10.8 Å². The minimum atomic E-state index is -0.142. The summed E-state index contributed by atoms with van der Waals surface area (Å²) in [4.78, 5) is 19.4. The number of furan rings is 1. The van der Waals surface area contributed by atoms with Gasteiger partial charge in [0.25, 0.3) is 5.91 Å². The maximum Gasteiger partial charge on any atom is 0.267 e. The summed E-state index contributed by atoms with van der Waals surface area (Å²) >= 11 is 6.09. The molecule has 6 nitrogen and oxygen atoms in total. The van der Waals surface area contributed by atoms with Gasteiger partial charge < -0.3 is 4.42 Å². The molecule has 29 heavy (non-hydrogen) atoms. The Morgan fingerprint density at radius 1 is 1.24 bits per heavy atom. The van der Waals surface area contributed by atoms with Crippen LogP contribution in [0.4, 0.5) is 5.13 Å². The molecule has 0 atom stereocenters. The third-order valence-corrected chi connectivity index (χ3v) is 6.20. The summed E-state index contributed by atoms with van der Waals surface area (Å²) in [5.74, 6) is 1.20. The number of aryl methyl sites for hydroxylation is 1. The average molecular weight is 487 g/mol. The highest BCUT2D eigenvalue weighted by Gasteiger charge is 2.33. The predicted molar refractivity (Wildman–Crippen MR) is 121 cm³/mol. The van der Waals surface area contributed by atoms with E-state index in [1.165, 1.54) is 23.1 Å². The fourth-order valence-corrected chi connectivity index (χ4v) is 4.47. The molecule has 0 spiro atoms. The number of hydrogen-bond donors (Lipinski definition) is 0. The van der Waals surface area contributed by atoms with Gasteiger partial charge in [0.1, 0.15) is 16.5 Å². The molecular weight excluding hydrogens is 472 g/mol. The van der Waals surface area contributed by atoms with Crippen LogP contribution < -0.4 is 0 Å². The van der Waals surface area contributed by atoms with Crippen LogP contribution >= 0.6 is 39.0 Å². The van der Waals surface area contributed by atoms with Crippen molar-refractivity contribution in [3.05, 3.63) is 69.2 Å². The van der Waals surface area contributed by atoms with Gasteiger partial charge in [-0.3, -0.25) is 9.69 Å². The number of halogens is 1. The molecule has 9 heteroatoms. The van der Waals surface area contributed by atoms with Gasteiger partial charge in [-0.05, 0) is 43.0 Å². The van der Waals surface area contributed by atoms with Crippen LogP contribution in [0.25, 0.3) is 17.4 Å². The van der Waals surface area contributed by atoms with Gasteiger partial charge in [0.2, 0.25) is 5.13 Å². The standard InChI is InChI=1S/C20H15BrN4O2S2/c1-3-10-25-18(26)17(29-20(25)22-19-24-23-12(2)28-19)11-15-8-9-16(27-15)13-4-6-14(21)7-5-13/h3-9,11H,1,10H2,2H3/b17-11+,22-20+. The van der Waals surface area contributed by atoms with Gasteiger partial charge >= 0.3 is 0 Å². The van der Waals surface area contributed by atoms with Crippen LogP contribution in [0.2, 0.25) is 0 Å². The number of aliphatic imine (C=N–C) groups is 1. The molecule has 1 aliphatic rings. The highest BCUT2D eigenvalue weighted by molar-refractivity contribution is 9.10. The fraction of sp³-hybridized carbons (Fsp3) is 0.100. The van der Waals surface area contributed by atoms with Crippen molar-refractivity contribution in [1.82, 2.24) is 15.1 Å². The number of aromatic nitrogens is 2. The van der Waals surface area contributed by atoms with Gasteiger partial charge in [0.15, 0.2) is 5.17 Å². The van der Waals surface area contributed by atoms with E-state index in [1.54, 1.807) is 17.1 Å². The maximum atomic E-state index is 12.8. The first-order chi connectivity index (χ1) is 14.0. The highest BCUT2D eigenvalue weighted by Crippen LogP contribution is 2.35. The number of amidine groups is 1. The van der Waals surface area contributed by atoms with Gasteiger partial charge in [-0.2, -0.15) is 4.99 Å². The number of carbonyl (C=O) groups is 1. The molecule has 3 aromatic rings. The summed E-state index contributed by atoms with van der Waals surface area (Å²) in [7, 11) is 0. The van der Waals surface area contributed by atoms with E-state index in [1.807, 2.05) is 43.3 Å². The Balaban J connectivity index is 1.62. The average Bonchev–Trinajstić information content (AvgIpc) is 3.40. The third-order valence-electron chi connectivity index (χ3n) is 3.94. The largest absolute Gasteiger partial charge is 0.457 e. The van der Waals surface area contributed by atoms with Crippen LogP contribution in [0.5, 0.6) is 0 Å². The van der Waals surface area contributed by atoms with Gasteiger partial charge in [0.05, 0.1) is 4.91 Å². The molecule has 0 saturated carbocycles. The Kier molecular flexibility index (Phi) is 5.79. The number of carbonyl (C=O) groups excluding carboxylic acids is 1. The second-order valence-corrected chi connectivity index (χ2v) is 9.11. The van der Waals surface area contributed by atoms with Gasteiger partial charge in [-0.25, -0.2) is 0 Å². The Morgan fingerprint density at radius 3 is 2.72 bits per heavy atom. The summed E-state index contributed by atoms with van der Waals surface area (Å²) < 4.78 is 6.92. The molecule has 0 bridgehead atoms. The summed E-state index contributed by atoms with van der Waals surface area (Å²) in [5, 5.41) is 9.87. The molecule has 1 saturated heterocycles. The van der Waals surface area contributed by atoms with Crippen molar-refractivity contribution >= 4 is 61.3 Å². The number of thioether (sulfide) groups is 1. The summed E-state index contributed by atoms with van der Waals surface area (Å²) in [6.45, 7) is 5.96. The monoisotopic (exact) mass is 486 g/mol. The lowest BCUT2D eigenvalue weighted by atomic mass is 10.2. The number of nitrogens with zero attached hydrogens (tertiary/aromatic N) is 4. The van der Waals surface area contributed by atoms with Crippen molar-refractivity contribution in [3.63, 3.8) is 0 Å². The third kappa shape index (κ3) is 4.42. The molecule has 1 fully saturated rings. The molecule has 4 rings (SSSR count). The molecule has 0 aliphatic carbocycles. The van der Waals surface area contributed by atoms with Crippen molar-refractivity contribution in [2.75, 3.05) is 6.54 Å². The Bertz CT molecular complexity index is 1130. The maximum absolute atomic E-state index is 12.8. The Morgan fingerprint density at radius 2 is 2.03 bits per heavy atom. The van der Waals surface area contributed by atoms with Crippen LogP contribution in [-0.2, 0) is 4.79 Å². The van der Waals surface area contributed by atoms with E-state index < -0.39 is 0 Å². The zero-order valence-electron chi connectivity index (χ0n) is 15.3. The molecule has 2 aromatic heterocycles. The van der Waals surface area contributed by atoms with Crippen LogP contribution in [-0.4, -0.2) is 32.7 Å². The molecule has 0 radical (unpaired) electrons. The van der Waals surface area contributed by atoms with E-state index in [-0.39, 0.29) is 5.91 Å². The number of amides is 1. The van der Waals surface area contributed by atoms with Crippen molar-refractivity contribution in [2.45, 2.75) is 6.92 Å². The van der Waals surface area contributed by atoms with Gasteiger partial charge in [-0.15, -0.1) is 16.8 Å². The van der Waals surface area contributed by atoms with E-state index in [0.29, 0.717) is 27.5 Å². The van der Waals surface area contributed by atoms with Crippen molar-refractivity contribution in [2.24, 2.45) is 4.99 Å². The molecular formula is C20H15BrN4O2S2. The predicted octanol–water partition coefficient (Wildman–Crippen LogP) is 5.66. The van der Waals surface area contributed by atoms with Gasteiger partial charge in [-0.1, -0.05) is 45.5 Å². The lowest BCUT2D eigenvalue weighted by Gasteiger charge is -2.11. The van der Waals surface area contributed by atoms with Crippen molar-refractivity contribution in [1.29, 1.82) is 0 Å². The number of hydrogen-bond acceptors (Lipinski definition) is 7. The molecule has 0 N–H and O–H groups in total. The first kappa shape index (κ1) is 19.8. The Hall–Kier alpha value is -2.49. The first-order valence-corrected chi connectivity index (χ1v) is 11.0. The van der Waals surface area contributed by atoms with Crippen LogP contribution in [0, 0.1) is 6.92 Å². The van der Waals surface area contributed by atoms with E-state index in [2.05, 4.69) is 37.7 Å².